The first-order chi connectivity index (χ1) is 25.1. The van der Waals surface area contributed by atoms with E-state index in [9.17, 15) is 43.4 Å². The number of phenolic OH excluding ortho intramolecular Hbond substituents is 3. The number of nitrogens with one attached hydrogen (secondary N) is 1. The van der Waals surface area contributed by atoms with Crippen molar-refractivity contribution in [3.05, 3.63) is 123 Å². The molecule has 0 atom stereocenters. The van der Waals surface area contributed by atoms with E-state index in [-0.39, 0.29) is 103 Å². The third-order valence-corrected chi connectivity index (χ3v) is 8.17. The third-order valence-electron chi connectivity index (χ3n) is 7.26. The van der Waals surface area contributed by atoms with Gasteiger partial charge in [0.25, 0.3) is 5.69 Å². The van der Waals surface area contributed by atoms with E-state index >= 15 is 0 Å². The van der Waals surface area contributed by atoms with Gasteiger partial charge in [0.2, 0.25) is 15.9 Å². The largest absolute Gasteiger partial charge is 1.00 e. The number of nitro benzene ring substituents is 1. The first kappa shape index (κ1) is 43.7. The van der Waals surface area contributed by atoms with Gasteiger partial charge in [-0.2, -0.15) is 5.11 Å². The number of aromatic nitrogens is 2. The molecule has 0 aliphatic heterocycles. The van der Waals surface area contributed by atoms with Crippen LogP contribution in [0.1, 0.15) is 12.6 Å². The Morgan fingerprint density at radius 2 is 1.53 bits per heavy atom. The van der Waals surface area contributed by atoms with Crippen LogP contribution in [-0.4, -0.2) is 44.3 Å². The monoisotopic (exact) mass is 813 g/mol. The van der Waals surface area contributed by atoms with E-state index in [1.807, 2.05) is 6.07 Å². The Hall–Kier alpha value is -5.72. The van der Waals surface area contributed by atoms with E-state index in [1.165, 1.54) is 17.7 Å². The van der Waals surface area contributed by atoms with Gasteiger partial charge < -0.3 is 30.5 Å². The van der Waals surface area contributed by atoms with Crippen LogP contribution in [-0.2, 0) is 32.2 Å². The standard InChI is InChI=1S/C18H14N4O5.C16H14N5O4S.Cr.Na/c1-10(23)19-13-4-2-3-11-5-7-16(25)18(17(11)13)21-20-14-9-12(22(26)27)6-8-15(14)24;1-10-15(16(23)21(20-10)11-5-3-2-4-6-11)19-18-13-9-12(26(17,24)25)7-8-14(13)22;;/h2-9,24-25H,1H3,(H,19,23);2-9,22H,1H3,(H2,17,24,25);;/q;-1;;+1. The maximum Gasteiger partial charge on any atom is 1.00 e. The van der Waals surface area contributed by atoms with Crippen molar-refractivity contribution >= 4 is 60.8 Å². The minimum absolute atomic E-state index is 0. The molecule has 0 saturated heterocycles. The minimum Gasteiger partial charge on any atom is -0.506 e. The molecule has 6 aromatic rings. The number of non-ortho nitro benzene ring substituents is 1. The van der Waals surface area contributed by atoms with Crippen molar-refractivity contribution in [3.63, 3.8) is 0 Å². The second-order valence-corrected chi connectivity index (χ2v) is 12.6. The molecule has 21 heteroatoms. The smallest absolute Gasteiger partial charge is 0.506 e. The molecule has 0 aliphatic carbocycles. The number of fused-ring (bicyclic) bond motifs is 1. The van der Waals surface area contributed by atoms with Gasteiger partial charge in [0.15, 0.2) is 0 Å². The number of hydrogen-bond acceptors (Lipinski definition) is 14. The minimum atomic E-state index is -3.96. The van der Waals surface area contributed by atoms with Crippen LogP contribution >= 0.6 is 0 Å². The molecule has 0 radical (unpaired) electrons. The molecule has 0 saturated carbocycles. The van der Waals surface area contributed by atoms with Gasteiger partial charge in [0, 0.05) is 41.8 Å². The molecule has 0 fully saturated rings. The van der Waals surface area contributed by atoms with Crippen LogP contribution in [0.4, 0.5) is 34.1 Å². The number of aromatic hydroxyl groups is 3. The molecule has 0 aliphatic rings. The molecular weight excluding hydrogens is 785 g/mol. The van der Waals surface area contributed by atoms with Crippen LogP contribution in [0.15, 0.2) is 127 Å². The SMILES string of the molecule is CC(=O)Nc1cccc2ccc(O)c(N=Nc3cc([N+](=O)[O-])ccc3O)c12.Cc1nn(-c2ccccc2)c(=O)[c-]1N=Nc1cc(S(N)(=O)=O)ccc1O.[Cr].[Na+]. The van der Waals surface area contributed by atoms with Crippen molar-refractivity contribution in [2.24, 2.45) is 25.6 Å². The van der Waals surface area contributed by atoms with Crippen LogP contribution in [0.3, 0.4) is 0 Å². The van der Waals surface area contributed by atoms with Crippen LogP contribution in [0.25, 0.3) is 16.5 Å². The number of primary sulfonamides is 1. The number of phenols is 3. The predicted molar refractivity (Wildman–Crippen MR) is 193 cm³/mol. The van der Waals surface area contributed by atoms with Crippen molar-refractivity contribution in [1.82, 2.24) is 9.78 Å². The fourth-order valence-corrected chi connectivity index (χ4v) is 5.31. The number of aryl methyl sites for hydroxylation is 1. The fraction of sp³-hybridized carbons (Fsp3) is 0.0588. The number of carbonyl (C=O) groups excluding carboxylic acids is 1. The summed E-state index contributed by atoms with van der Waals surface area (Å²) in [7, 11) is -3.96. The maximum atomic E-state index is 12.5. The number of carbonyl (C=O) groups is 1. The van der Waals surface area contributed by atoms with Gasteiger partial charge in [-0.05, 0) is 53.9 Å². The molecule has 55 heavy (non-hydrogen) atoms. The zero-order chi connectivity index (χ0) is 38.4. The van der Waals surface area contributed by atoms with Gasteiger partial charge >= 0.3 is 29.6 Å². The molecular formula is C34H28CrN9NaO9S. The molecule has 0 spiro atoms. The average molecular weight is 814 g/mol. The van der Waals surface area contributed by atoms with Crippen LogP contribution < -0.4 is 45.6 Å². The van der Waals surface area contributed by atoms with Crippen LogP contribution in [0.2, 0.25) is 0 Å². The van der Waals surface area contributed by atoms with Crippen molar-refractivity contribution in [1.29, 1.82) is 0 Å². The van der Waals surface area contributed by atoms with Crippen molar-refractivity contribution in [3.8, 4) is 22.9 Å². The van der Waals surface area contributed by atoms with Gasteiger partial charge in [0.1, 0.15) is 39.9 Å². The molecule has 276 valence electrons. The first-order valence-electron chi connectivity index (χ1n) is 15.1. The summed E-state index contributed by atoms with van der Waals surface area (Å²) in [6.07, 6.45) is 0. The van der Waals surface area contributed by atoms with Crippen molar-refractivity contribution in [2.45, 2.75) is 18.7 Å². The molecule has 6 rings (SSSR count). The predicted octanol–water partition coefficient (Wildman–Crippen LogP) is 3.56. The van der Waals surface area contributed by atoms with Gasteiger partial charge in [-0.1, -0.05) is 49.0 Å². The van der Waals surface area contributed by atoms with E-state index in [0.29, 0.717) is 27.8 Å². The summed E-state index contributed by atoms with van der Waals surface area (Å²) < 4.78 is 24.0. The summed E-state index contributed by atoms with van der Waals surface area (Å²) in [5.41, 5.74) is 0.360. The Bertz CT molecular complexity index is 2620. The van der Waals surface area contributed by atoms with E-state index in [2.05, 4.69) is 30.9 Å². The van der Waals surface area contributed by atoms with E-state index in [0.717, 1.165) is 36.4 Å². The third kappa shape index (κ3) is 10.5. The summed E-state index contributed by atoms with van der Waals surface area (Å²) in [6.45, 7) is 2.94. The number of hydrogen-bond donors (Lipinski definition) is 5. The summed E-state index contributed by atoms with van der Waals surface area (Å²) in [6, 6.07) is 23.7. The topological polar surface area (TPSA) is 277 Å². The molecule has 1 aromatic heterocycles. The Morgan fingerprint density at radius 3 is 2.16 bits per heavy atom. The molecule has 1 heterocycles. The van der Waals surface area contributed by atoms with Gasteiger partial charge in [0.05, 0.1) is 21.2 Å². The number of sulfonamides is 1. The number of para-hydroxylation sites is 1. The first-order valence-corrected chi connectivity index (χ1v) is 16.7. The molecule has 5 aromatic carbocycles. The quantitative estimate of drug-likeness (QED) is 0.0490. The van der Waals surface area contributed by atoms with Crippen LogP contribution in [0, 0.1) is 17.0 Å². The average Bonchev–Trinajstić information content (AvgIpc) is 3.40. The Morgan fingerprint density at radius 1 is 0.891 bits per heavy atom. The summed E-state index contributed by atoms with van der Waals surface area (Å²) in [5, 5.41) is 69.2. The number of azo groups is 2. The molecule has 0 unspecified atom stereocenters. The zero-order valence-electron chi connectivity index (χ0n) is 29.1. The molecule has 6 N–H and O–H groups in total. The number of nitrogens with zero attached hydrogens (tertiary/aromatic N) is 7. The number of nitrogens with two attached hydrogens (primary N) is 1. The number of nitro groups is 1. The summed E-state index contributed by atoms with van der Waals surface area (Å²) in [5.74, 6) is -1.10. The van der Waals surface area contributed by atoms with E-state index in [4.69, 9.17) is 5.14 Å². The Balaban J connectivity index is 0.000000285. The van der Waals surface area contributed by atoms with Crippen molar-refractivity contribution in [2.75, 3.05) is 5.32 Å². The molecule has 0 bridgehead atoms. The second kappa shape index (κ2) is 18.5. The summed E-state index contributed by atoms with van der Waals surface area (Å²) >= 11 is 0. The number of anilines is 1. The van der Waals surface area contributed by atoms with Crippen molar-refractivity contribution < 1.29 is 80.4 Å². The summed E-state index contributed by atoms with van der Waals surface area (Å²) in [4.78, 5) is 34.0. The van der Waals surface area contributed by atoms with E-state index < -0.39 is 20.5 Å². The van der Waals surface area contributed by atoms with Gasteiger partial charge in [-0.3, -0.25) is 14.9 Å². The van der Waals surface area contributed by atoms with Gasteiger partial charge in [-0.25, -0.2) is 23.3 Å². The number of benzene rings is 5. The Labute approximate surface area is 344 Å². The molecule has 1 amide bonds. The normalized spacial score (nSPS) is 11.0. The second-order valence-electron chi connectivity index (χ2n) is 11.0. The maximum absolute atomic E-state index is 12.5. The van der Waals surface area contributed by atoms with Crippen LogP contribution in [0.5, 0.6) is 17.2 Å². The molecule has 18 nitrogen and oxygen atoms in total. The van der Waals surface area contributed by atoms with Gasteiger partial charge in [-0.15, -0.1) is 15.9 Å². The van der Waals surface area contributed by atoms with E-state index in [1.54, 1.807) is 55.5 Å². The number of rotatable bonds is 8. The fourth-order valence-electron chi connectivity index (χ4n) is 4.77. The Kier molecular flexibility index (Phi) is 14.7. The zero-order valence-corrected chi connectivity index (χ0v) is 33.1. The number of amides is 1.